The van der Waals surface area contributed by atoms with Gasteiger partial charge in [-0.15, -0.1) is 5.10 Å². The fraction of sp³-hybridized carbons (Fsp3) is 0.621. The minimum absolute atomic E-state index is 0.0705. The first-order valence-electron chi connectivity index (χ1n) is 13.9. The Morgan fingerprint density at radius 1 is 1.03 bits per heavy atom. The Bertz CT molecular complexity index is 1220. The molecule has 2 aromatic rings. The molecule has 1 aromatic carbocycles. The smallest absolute Gasteiger partial charge is 0.243 e. The number of ether oxygens (including phenoxy) is 1. The van der Waals surface area contributed by atoms with Gasteiger partial charge in [0.05, 0.1) is 24.1 Å². The van der Waals surface area contributed by atoms with Gasteiger partial charge in [-0.3, -0.25) is 4.79 Å². The SMILES string of the molecule is CCN(CC)CC1CCN(c2nnc(CC(=O)CCN(C)S(=O)(=O)c3c(C)cc(OC)cc3C)cc2C)CC1. The maximum Gasteiger partial charge on any atom is 0.243 e. The number of nitrogens with zero attached hydrogens (tertiary/aromatic N) is 5. The highest BCUT2D eigenvalue weighted by molar-refractivity contribution is 7.89. The number of piperidine rings is 1. The summed E-state index contributed by atoms with van der Waals surface area (Å²) in [7, 11) is -0.681. The van der Waals surface area contributed by atoms with E-state index in [2.05, 4.69) is 33.8 Å². The van der Waals surface area contributed by atoms with Gasteiger partial charge in [-0.2, -0.15) is 5.10 Å². The first kappa shape index (κ1) is 31.0. The van der Waals surface area contributed by atoms with Gasteiger partial charge in [0.15, 0.2) is 5.82 Å². The van der Waals surface area contributed by atoms with Gasteiger partial charge in [0, 0.05) is 39.6 Å². The molecule has 1 saturated heterocycles. The number of hydrogen-bond acceptors (Lipinski definition) is 8. The number of benzene rings is 1. The number of Topliss-reactive ketones (excluding diaryl/α,β-unsaturated/α-hetero) is 1. The molecular formula is C29H45N5O4S. The predicted octanol–water partition coefficient (Wildman–Crippen LogP) is 3.79. The molecule has 0 atom stereocenters. The molecule has 0 amide bonds. The summed E-state index contributed by atoms with van der Waals surface area (Å²) in [6.07, 6.45) is 2.52. The molecule has 0 unspecified atom stereocenters. The zero-order valence-electron chi connectivity index (χ0n) is 24.7. The molecule has 0 spiro atoms. The van der Waals surface area contributed by atoms with Crippen LogP contribution in [0.25, 0.3) is 0 Å². The molecule has 216 valence electrons. The van der Waals surface area contributed by atoms with E-state index in [1.165, 1.54) is 11.4 Å². The van der Waals surface area contributed by atoms with E-state index in [9.17, 15) is 13.2 Å². The van der Waals surface area contributed by atoms with E-state index < -0.39 is 10.0 Å². The number of methoxy groups -OCH3 is 1. The minimum Gasteiger partial charge on any atom is -0.497 e. The van der Waals surface area contributed by atoms with Crippen LogP contribution in [0.5, 0.6) is 5.75 Å². The van der Waals surface area contributed by atoms with Crippen LogP contribution in [0.4, 0.5) is 5.82 Å². The summed E-state index contributed by atoms with van der Waals surface area (Å²) < 4.78 is 32.9. The fourth-order valence-electron chi connectivity index (χ4n) is 5.39. The largest absolute Gasteiger partial charge is 0.497 e. The van der Waals surface area contributed by atoms with Crippen LogP contribution >= 0.6 is 0 Å². The second-order valence-corrected chi connectivity index (χ2v) is 12.6. The molecule has 3 rings (SSSR count). The molecule has 10 heteroatoms. The molecule has 1 fully saturated rings. The average molecular weight is 560 g/mol. The number of anilines is 1. The van der Waals surface area contributed by atoms with E-state index in [1.807, 2.05) is 13.0 Å². The van der Waals surface area contributed by atoms with Crippen molar-refractivity contribution in [2.45, 2.75) is 65.2 Å². The Labute approximate surface area is 234 Å². The number of aromatic nitrogens is 2. The number of aryl methyl sites for hydroxylation is 3. The van der Waals surface area contributed by atoms with Gasteiger partial charge >= 0.3 is 0 Å². The van der Waals surface area contributed by atoms with E-state index >= 15 is 0 Å². The van der Waals surface area contributed by atoms with E-state index in [-0.39, 0.29) is 30.1 Å². The quantitative estimate of drug-likeness (QED) is 0.366. The standard InChI is InChI=1S/C29H45N5O4S/c1-8-33(9-2)20-24-10-14-34(15-11-24)29-23(5)16-25(30-31-29)19-26(35)12-13-32(6)39(36,37)28-21(3)17-27(38-7)18-22(28)4/h16-18,24H,8-15,19-20H2,1-7H3. The lowest BCUT2D eigenvalue weighted by Gasteiger charge is -2.35. The molecule has 39 heavy (non-hydrogen) atoms. The predicted molar refractivity (Wildman–Crippen MR) is 155 cm³/mol. The summed E-state index contributed by atoms with van der Waals surface area (Å²) in [6, 6.07) is 5.35. The van der Waals surface area contributed by atoms with Crippen LogP contribution in [0.3, 0.4) is 0 Å². The molecule has 0 radical (unpaired) electrons. The van der Waals surface area contributed by atoms with Crippen molar-refractivity contribution >= 4 is 21.6 Å². The molecule has 0 aliphatic carbocycles. The third-order valence-electron chi connectivity index (χ3n) is 7.76. The van der Waals surface area contributed by atoms with Crippen molar-refractivity contribution in [2.75, 3.05) is 58.3 Å². The summed E-state index contributed by atoms with van der Waals surface area (Å²) in [5.41, 5.74) is 2.86. The van der Waals surface area contributed by atoms with Gasteiger partial charge in [-0.05, 0) is 87.5 Å². The van der Waals surface area contributed by atoms with Gasteiger partial charge in [0.25, 0.3) is 0 Å². The average Bonchev–Trinajstić information content (AvgIpc) is 2.90. The first-order chi connectivity index (χ1) is 18.5. The van der Waals surface area contributed by atoms with Crippen LogP contribution in [0.2, 0.25) is 0 Å². The van der Waals surface area contributed by atoms with Crippen LogP contribution in [0.1, 0.15) is 55.5 Å². The summed E-state index contributed by atoms with van der Waals surface area (Å²) >= 11 is 0. The number of carbonyl (C=O) groups is 1. The molecule has 0 saturated carbocycles. The van der Waals surface area contributed by atoms with Crippen molar-refractivity contribution in [3.05, 3.63) is 40.6 Å². The third kappa shape index (κ3) is 7.77. The van der Waals surface area contributed by atoms with Crippen molar-refractivity contribution in [1.29, 1.82) is 0 Å². The Kier molecular flexibility index (Phi) is 10.9. The second-order valence-electron chi connectivity index (χ2n) is 10.6. The minimum atomic E-state index is -3.74. The number of rotatable bonds is 13. The Morgan fingerprint density at radius 2 is 1.64 bits per heavy atom. The number of hydrogen-bond donors (Lipinski definition) is 0. The molecule has 2 heterocycles. The zero-order valence-corrected chi connectivity index (χ0v) is 25.5. The number of ketones is 1. The molecule has 0 bridgehead atoms. The van der Waals surface area contributed by atoms with Gasteiger partial charge in [0.1, 0.15) is 11.5 Å². The Hall–Kier alpha value is -2.56. The lowest BCUT2D eigenvalue weighted by molar-refractivity contribution is -0.118. The van der Waals surface area contributed by atoms with E-state index in [0.717, 1.165) is 56.9 Å². The first-order valence-corrected chi connectivity index (χ1v) is 15.4. The van der Waals surface area contributed by atoms with Crippen LogP contribution in [-0.2, 0) is 21.2 Å². The molecule has 1 aliphatic rings. The van der Waals surface area contributed by atoms with Crippen LogP contribution < -0.4 is 9.64 Å². The topological polar surface area (TPSA) is 95.9 Å². The van der Waals surface area contributed by atoms with E-state index in [0.29, 0.717) is 28.5 Å². The third-order valence-corrected chi connectivity index (χ3v) is 9.92. The highest BCUT2D eigenvalue weighted by Crippen LogP contribution is 2.28. The number of sulfonamides is 1. The lowest BCUT2D eigenvalue weighted by Crippen LogP contribution is -2.39. The summed E-state index contributed by atoms with van der Waals surface area (Å²) in [5.74, 6) is 2.15. The van der Waals surface area contributed by atoms with E-state index in [4.69, 9.17) is 4.74 Å². The monoisotopic (exact) mass is 559 g/mol. The van der Waals surface area contributed by atoms with Crippen LogP contribution in [0, 0.1) is 26.7 Å². The van der Waals surface area contributed by atoms with Crippen LogP contribution in [-0.4, -0.2) is 87.0 Å². The van der Waals surface area contributed by atoms with Crippen molar-refractivity contribution in [3.8, 4) is 5.75 Å². The van der Waals surface area contributed by atoms with Crippen molar-refractivity contribution in [3.63, 3.8) is 0 Å². The van der Waals surface area contributed by atoms with Gasteiger partial charge in [-0.1, -0.05) is 13.8 Å². The summed E-state index contributed by atoms with van der Waals surface area (Å²) in [4.78, 5) is 17.8. The maximum atomic E-state index is 13.2. The number of carbonyl (C=O) groups excluding carboxylic acids is 1. The summed E-state index contributed by atoms with van der Waals surface area (Å²) in [6.45, 7) is 15.3. The lowest BCUT2D eigenvalue weighted by atomic mass is 9.96. The van der Waals surface area contributed by atoms with Gasteiger partial charge in [-0.25, -0.2) is 12.7 Å². The van der Waals surface area contributed by atoms with Gasteiger partial charge < -0.3 is 14.5 Å². The fourth-order valence-corrected chi connectivity index (χ4v) is 6.97. The van der Waals surface area contributed by atoms with Crippen molar-refractivity contribution in [1.82, 2.24) is 19.4 Å². The molecule has 0 N–H and O–H groups in total. The molecular weight excluding hydrogens is 514 g/mol. The zero-order chi connectivity index (χ0) is 28.7. The normalized spacial score (nSPS) is 14.8. The van der Waals surface area contributed by atoms with Crippen LogP contribution in [0.15, 0.2) is 23.1 Å². The van der Waals surface area contributed by atoms with E-state index in [1.54, 1.807) is 33.1 Å². The summed E-state index contributed by atoms with van der Waals surface area (Å²) in [5, 5.41) is 8.82. The molecule has 1 aliphatic heterocycles. The van der Waals surface area contributed by atoms with Crippen molar-refractivity contribution < 1.29 is 17.9 Å². The molecule has 9 nitrogen and oxygen atoms in total. The van der Waals surface area contributed by atoms with Crippen molar-refractivity contribution in [2.24, 2.45) is 5.92 Å². The highest BCUT2D eigenvalue weighted by atomic mass is 32.2. The second kappa shape index (κ2) is 13.7. The highest BCUT2D eigenvalue weighted by Gasteiger charge is 2.26. The van der Waals surface area contributed by atoms with Gasteiger partial charge in [0.2, 0.25) is 10.0 Å². The maximum absolute atomic E-state index is 13.2. The molecule has 1 aromatic heterocycles. The Morgan fingerprint density at radius 3 is 2.18 bits per heavy atom. The Balaban J connectivity index is 1.55.